The van der Waals surface area contributed by atoms with E-state index >= 15 is 0 Å². The molecule has 1 saturated carbocycles. The molecule has 1 fully saturated rings. The van der Waals surface area contributed by atoms with Crippen molar-refractivity contribution in [2.45, 2.75) is 19.1 Å². The lowest BCUT2D eigenvalue weighted by atomic mass is 10.1. The number of hydrogen-bond acceptors (Lipinski definition) is 4. The third-order valence-corrected chi connectivity index (χ3v) is 5.66. The summed E-state index contributed by atoms with van der Waals surface area (Å²) in [4.78, 5) is 21.1. The summed E-state index contributed by atoms with van der Waals surface area (Å²) in [7, 11) is -0.287. The number of pyridine rings is 1. The van der Waals surface area contributed by atoms with E-state index in [1.165, 1.54) is 0 Å². The quantitative estimate of drug-likeness (QED) is 0.528. The van der Waals surface area contributed by atoms with Gasteiger partial charge in [0.15, 0.2) is 11.9 Å². The highest BCUT2D eigenvalue weighted by atomic mass is 31.1. The number of aromatic nitrogens is 5. The van der Waals surface area contributed by atoms with Crippen LogP contribution < -0.4 is 5.32 Å². The van der Waals surface area contributed by atoms with Gasteiger partial charge in [0, 0.05) is 17.7 Å². The van der Waals surface area contributed by atoms with Crippen LogP contribution in [0.5, 0.6) is 0 Å². The van der Waals surface area contributed by atoms with E-state index in [1.807, 2.05) is 24.7 Å². The normalized spacial score (nSPS) is 14.5. The number of imidazole rings is 1. The summed E-state index contributed by atoms with van der Waals surface area (Å²) in [5.74, 6) is 0.471. The Morgan fingerprint density at radius 3 is 3.00 bits per heavy atom. The number of nitrogens with zero attached hydrogens (tertiary/aromatic N) is 5. The van der Waals surface area contributed by atoms with Gasteiger partial charge in [-0.1, -0.05) is 6.07 Å². The Kier molecular flexibility index (Phi) is 3.98. The zero-order valence-corrected chi connectivity index (χ0v) is 16.4. The highest BCUT2D eigenvalue weighted by Crippen LogP contribution is 2.31. The zero-order valence-electron chi connectivity index (χ0n) is 15.5. The predicted molar refractivity (Wildman–Crippen MR) is 113 cm³/mol. The smallest absolute Gasteiger partial charge is 0.249 e. The van der Waals surface area contributed by atoms with Crippen molar-refractivity contribution in [3.8, 4) is 11.1 Å². The van der Waals surface area contributed by atoms with Crippen molar-refractivity contribution in [2.24, 2.45) is 5.92 Å². The van der Waals surface area contributed by atoms with E-state index in [1.54, 1.807) is 4.52 Å². The van der Waals surface area contributed by atoms with Crippen molar-refractivity contribution in [1.29, 1.82) is 0 Å². The monoisotopic (exact) mass is 391 g/mol. The molecule has 8 heteroatoms. The van der Waals surface area contributed by atoms with E-state index in [0.29, 0.717) is 11.6 Å². The van der Waals surface area contributed by atoms with Crippen LogP contribution in [0.1, 0.15) is 12.8 Å². The summed E-state index contributed by atoms with van der Waals surface area (Å²) in [6, 6.07) is 10.2. The van der Waals surface area contributed by atoms with Gasteiger partial charge in [0.05, 0.1) is 30.3 Å². The van der Waals surface area contributed by atoms with E-state index in [9.17, 15) is 4.79 Å². The van der Waals surface area contributed by atoms with Gasteiger partial charge in [-0.15, -0.1) is 5.10 Å². The van der Waals surface area contributed by atoms with Gasteiger partial charge < -0.3 is 0 Å². The number of nitrogens with one attached hydrogen (secondary N) is 1. The number of benzene rings is 1. The average Bonchev–Trinajstić information content (AvgIpc) is 3.34. The number of anilines is 1. The lowest BCUT2D eigenvalue weighted by Crippen LogP contribution is -2.14. The number of amides is 1. The van der Waals surface area contributed by atoms with E-state index in [4.69, 9.17) is 0 Å². The molecule has 0 spiro atoms. The highest BCUT2D eigenvalue weighted by Gasteiger charge is 2.30. The fraction of sp³-hybridized carbons (Fsp3) is 0.250. The number of carbonyl (C=O) groups is 1. The maximum Gasteiger partial charge on any atom is 0.249 e. The fourth-order valence-corrected chi connectivity index (χ4v) is 4.09. The van der Waals surface area contributed by atoms with Crippen LogP contribution in [0.2, 0.25) is 0 Å². The van der Waals surface area contributed by atoms with Crippen LogP contribution in [-0.2, 0) is 11.1 Å². The topological polar surface area (TPSA) is 77.1 Å². The van der Waals surface area contributed by atoms with Crippen LogP contribution in [0.15, 0.2) is 42.9 Å². The number of fused-ring (bicyclic) bond motifs is 2. The van der Waals surface area contributed by atoms with Gasteiger partial charge in [-0.2, -0.15) is 4.98 Å². The average molecular weight is 391 g/mol. The molecule has 1 N–H and O–H groups in total. The Morgan fingerprint density at radius 1 is 1.36 bits per heavy atom. The van der Waals surface area contributed by atoms with Crippen LogP contribution in [0.4, 0.5) is 5.95 Å². The molecule has 1 unspecified atom stereocenters. The number of rotatable bonds is 5. The molecule has 0 aliphatic heterocycles. The third-order valence-electron chi connectivity index (χ3n) is 4.87. The van der Waals surface area contributed by atoms with Crippen LogP contribution in [0.3, 0.4) is 0 Å². The molecule has 1 aliphatic carbocycles. The summed E-state index contributed by atoms with van der Waals surface area (Å²) in [6.07, 6.45) is 10.6. The van der Waals surface area contributed by atoms with Crippen molar-refractivity contribution in [1.82, 2.24) is 24.1 Å². The van der Waals surface area contributed by atoms with E-state index < -0.39 is 0 Å². The molecule has 140 valence electrons. The van der Waals surface area contributed by atoms with E-state index in [2.05, 4.69) is 56.1 Å². The first-order chi connectivity index (χ1) is 13.6. The Morgan fingerprint density at radius 2 is 2.21 bits per heavy atom. The van der Waals surface area contributed by atoms with Crippen molar-refractivity contribution in [2.75, 3.05) is 12.0 Å². The minimum atomic E-state index is -0.287. The molecular formula is C20H20N6OP+. The zero-order chi connectivity index (χ0) is 19.3. The maximum atomic E-state index is 12.0. The van der Waals surface area contributed by atoms with Gasteiger partial charge in [-0.05, 0) is 42.7 Å². The number of hydrogen-bond donors (Lipinski definition) is 1. The molecule has 1 amide bonds. The van der Waals surface area contributed by atoms with Gasteiger partial charge in [-0.25, -0.2) is 9.50 Å². The molecule has 0 radical (unpaired) electrons. The molecule has 4 aromatic rings. The summed E-state index contributed by atoms with van der Waals surface area (Å²) >= 11 is 0. The Hall–Kier alpha value is -3.05. The minimum Gasteiger partial charge on any atom is -0.293 e. The lowest BCUT2D eigenvalue weighted by Gasteiger charge is -2.04. The largest absolute Gasteiger partial charge is 0.293 e. The van der Waals surface area contributed by atoms with Crippen LogP contribution in [-0.4, -0.2) is 43.0 Å². The molecule has 1 atom stereocenters. The minimum absolute atomic E-state index is 0.00529. The van der Waals surface area contributed by atoms with Crippen molar-refractivity contribution in [3.63, 3.8) is 0 Å². The second kappa shape index (κ2) is 6.53. The van der Waals surface area contributed by atoms with Gasteiger partial charge in [-0.3, -0.25) is 14.7 Å². The van der Waals surface area contributed by atoms with Crippen LogP contribution in [0.25, 0.3) is 27.8 Å². The summed E-state index contributed by atoms with van der Waals surface area (Å²) < 4.78 is 3.86. The molecule has 1 aliphatic rings. The molecule has 1 aromatic carbocycles. The molecule has 0 saturated heterocycles. The molecule has 0 bridgehead atoms. The predicted octanol–water partition coefficient (Wildman–Crippen LogP) is 3.60. The standard InChI is InChI=1S/C20H19N6OP/c1-28(2)12-25-11-21-16-10-14(7-8-17(16)25)15-4-3-9-26-18(15)22-20(24-26)23-19(27)13-5-6-13/h3-4,7-11,13H,1,5-6,12H2,2H3/p+1. The van der Waals surface area contributed by atoms with Crippen LogP contribution >= 0.6 is 7.55 Å². The highest BCUT2D eigenvalue weighted by molar-refractivity contribution is 7.53. The first-order valence-electron chi connectivity index (χ1n) is 9.21. The lowest BCUT2D eigenvalue weighted by molar-refractivity contribution is -0.117. The van der Waals surface area contributed by atoms with Crippen molar-refractivity contribution < 1.29 is 4.79 Å². The number of carbonyl (C=O) groups excluding carboxylic acids is 1. The second-order valence-electron chi connectivity index (χ2n) is 7.30. The Bertz CT molecular complexity index is 1240. The van der Waals surface area contributed by atoms with E-state index in [0.717, 1.165) is 41.3 Å². The SMILES string of the molecule is C=[P+](C)Cn1cnc2cc(-c3cccn4nc(NC(=O)C5CC5)nc34)ccc21. The molecule has 5 rings (SSSR count). The molecule has 3 heterocycles. The second-order valence-corrected chi connectivity index (χ2v) is 9.30. The van der Waals surface area contributed by atoms with Crippen molar-refractivity contribution >= 4 is 42.4 Å². The molecule has 28 heavy (non-hydrogen) atoms. The summed E-state index contributed by atoms with van der Waals surface area (Å²) in [5, 5.41) is 7.22. The third kappa shape index (κ3) is 3.08. The van der Waals surface area contributed by atoms with E-state index in [-0.39, 0.29) is 19.4 Å². The summed E-state index contributed by atoms with van der Waals surface area (Å²) in [5.41, 5.74) is 4.73. The fourth-order valence-electron chi connectivity index (χ4n) is 3.35. The Balaban J connectivity index is 1.53. The van der Waals surface area contributed by atoms with Gasteiger partial charge in [0.1, 0.15) is 7.55 Å². The maximum absolute atomic E-state index is 12.0. The first kappa shape index (κ1) is 17.1. The molecule has 3 aromatic heterocycles. The van der Waals surface area contributed by atoms with Crippen molar-refractivity contribution in [3.05, 3.63) is 42.9 Å². The van der Waals surface area contributed by atoms with Crippen LogP contribution in [0, 0.1) is 5.92 Å². The Labute approximate surface area is 162 Å². The molecule has 7 nitrogen and oxygen atoms in total. The van der Waals surface area contributed by atoms with Gasteiger partial charge >= 0.3 is 0 Å². The molecular weight excluding hydrogens is 371 g/mol. The van der Waals surface area contributed by atoms with Gasteiger partial charge in [0.25, 0.3) is 0 Å². The summed E-state index contributed by atoms with van der Waals surface area (Å²) in [6.45, 7) is 2.15. The van der Waals surface area contributed by atoms with Gasteiger partial charge in [0.2, 0.25) is 11.9 Å². The first-order valence-corrected chi connectivity index (χ1v) is 11.4.